The Balaban J connectivity index is 1.15. The first kappa shape index (κ1) is 22.0. The van der Waals surface area contributed by atoms with E-state index in [1.807, 2.05) is 58.2 Å². The summed E-state index contributed by atoms with van der Waals surface area (Å²) in [5.74, 6) is -0.806. The maximum Gasteiger partial charge on any atom is 0.338 e. The molecule has 168 valence electrons. The van der Waals surface area contributed by atoms with Crippen molar-refractivity contribution >= 4 is 11.9 Å². The van der Waals surface area contributed by atoms with Crippen LogP contribution in [0.1, 0.15) is 38.3 Å². The molecule has 0 radical (unpaired) electrons. The fourth-order valence-corrected chi connectivity index (χ4v) is 3.21. The lowest BCUT2D eigenvalue weighted by Crippen LogP contribution is -2.11. The molecule has 8 nitrogen and oxygen atoms in total. The number of esters is 2. The summed E-state index contributed by atoms with van der Waals surface area (Å²) in [5, 5.41) is 8.32. The van der Waals surface area contributed by atoms with Crippen molar-refractivity contribution in [1.82, 2.24) is 19.6 Å². The van der Waals surface area contributed by atoms with Crippen LogP contribution in [0.3, 0.4) is 0 Å². The molecule has 0 aliphatic rings. The van der Waals surface area contributed by atoms with E-state index in [4.69, 9.17) is 9.47 Å². The van der Waals surface area contributed by atoms with Crippen molar-refractivity contribution in [2.24, 2.45) is 0 Å². The van der Waals surface area contributed by atoms with Crippen LogP contribution in [0.25, 0.3) is 0 Å². The van der Waals surface area contributed by atoms with Gasteiger partial charge in [0.15, 0.2) is 0 Å². The van der Waals surface area contributed by atoms with Gasteiger partial charge in [-0.25, -0.2) is 9.59 Å². The van der Waals surface area contributed by atoms with Gasteiger partial charge in [-0.2, -0.15) is 10.2 Å². The summed E-state index contributed by atoms with van der Waals surface area (Å²) in [6, 6.07) is 18.2. The minimum Gasteiger partial charge on any atom is -0.462 e. The maximum absolute atomic E-state index is 12.2. The third kappa shape index (κ3) is 6.39. The van der Waals surface area contributed by atoms with Gasteiger partial charge in [0.25, 0.3) is 0 Å². The van der Waals surface area contributed by atoms with E-state index in [1.54, 1.807) is 36.7 Å². The number of aromatic nitrogens is 4. The quantitative estimate of drug-likeness (QED) is 0.274. The van der Waals surface area contributed by atoms with E-state index in [0.29, 0.717) is 30.6 Å². The molecule has 0 aliphatic heterocycles. The van der Waals surface area contributed by atoms with Crippen molar-refractivity contribution in [1.29, 1.82) is 0 Å². The molecule has 2 heterocycles. The van der Waals surface area contributed by atoms with E-state index >= 15 is 0 Å². The molecule has 0 saturated carbocycles. The Hall–Kier alpha value is -4.20. The highest BCUT2D eigenvalue weighted by Crippen LogP contribution is 2.09. The van der Waals surface area contributed by atoms with Crippen LogP contribution in [0, 0.1) is 0 Å². The number of carbonyl (C=O) groups excluding carboxylic acids is 2. The minimum absolute atomic E-state index is 0.171. The van der Waals surface area contributed by atoms with Crippen LogP contribution in [0.4, 0.5) is 0 Å². The van der Waals surface area contributed by atoms with E-state index in [1.165, 1.54) is 0 Å². The SMILES string of the molecule is O=C(OCCCOC(=O)c1ccc(Cn2cccn2)cc1)c1ccc(Cn2cccn2)cc1. The predicted molar refractivity (Wildman–Crippen MR) is 121 cm³/mol. The molecule has 2 aromatic carbocycles. The molecule has 4 rings (SSSR count). The lowest BCUT2D eigenvalue weighted by molar-refractivity contribution is 0.0396. The maximum atomic E-state index is 12.2. The third-order valence-electron chi connectivity index (χ3n) is 4.94. The summed E-state index contributed by atoms with van der Waals surface area (Å²) in [5.41, 5.74) is 3.03. The molecule has 4 aromatic rings. The van der Waals surface area contributed by atoms with Gasteiger partial charge < -0.3 is 9.47 Å². The topological polar surface area (TPSA) is 88.2 Å². The van der Waals surface area contributed by atoms with Gasteiger partial charge in [-0.1, -0.05) is 24.3 Å². The lowest BCUT2D eigenvalue weighted by atomic mass is 10.1. The Morgan fingerprint density at radius 3 is 1.45 bits per heavy atom. The first-order valence-electron chi connectivity index (χ1n) is 10.6. The van der Waals surface area contributed by atoms with E-state index < -0.39 is 11.9 Å². The molecule has 0 fully saturated rings. The number of ether oxygens (including phenoxy) is 2. The molecule has 0 amide bonds. The number of hydrogen-bond acceptors (Lipinski definition) is 6. The lowest BCUT2D eigenvalue weighted by Gasteiger charge is -2.08. The Bertz CT molecular complexity index is 1060. The predicted octanol–water partition coefficient (Wildman–Crippen LogP) is 3.58. The molecule has 0 spiro atoms. The second-order valence-corrected chi connectivity index (χ2v) is 7.43. The molecule has 0 aliphatic carbocycles. The Morgan fingerprint density at radius 2 is 1.09 bits per heavy atom. The van der Waals surface area contributed by atoms with Gasteiger partial charge in [0.05, 0.1) is 37.4 Å². The van der Waals surface area contributed by atoms with E-state index in [9.17, 15) is 9.59 Å². The zero-order chi connectivity index (χ0) is 22.9. The molecule has 33 heavy (non-hydrogen) atoms. The molecule has 8 heteroatoms. The Kier molecular flexibility index (Phi) is 7.27. The minimum atomic E-state index is -0.403. The Labute approximate surface area is 191 Å². The van der Waals surface area contributed by atoms with Gasteiger partial charge >= 0.3 is 11.9 Å². The van der Waals surface area contributed by atoms with Crippen molar-refractivity contribution in [3.05, 3.63) is 108 Å². The number of carbonyl (C=O) groups is 2. The summed E-state index contributed by atoms with van der Waals surface area (Å²) in [4.78, 5) is 24.4. The average molecular weight is 444 g/mol. The van der Waals surface area contributed by atoms with Gasteiger partial charge in [0.2, 0.25) is 0 Å². The van der Waals surface area contributed by atoms with Gasteiger partial charge in [-0.15, -0.1) is 0 Å². The van der Waals surface area contributed by atoms with Gasteiger partial charge in [-0.3, -0.25) is 9.36 Å². The number of hydrogen-bond donors (Lipinski definition) is 0. The highest BCUT2D eigenvalue weighted by Gasteiger charge is 2.09. The normalized spacial score (nSPS) is 10.7. The number of nitrogens with zero attached hydrogens (tertiary/aromatic N) is 4. The van der Waals surface area contributed by atoms with E-state index in [2.05, 4.69) is 10.2 Å². The van der Waals surface area contributed by atoms with Crippen LogP contribution in [-0.4, -0.2) is 44.7 Å². The summed E-state index contributed by atoms with van der Waals surface area (Å²) in [6.45, 7) is 1.62. The van der Waals surface area contributed by atoms with Gasteiger partial charge in [0, 0.05) is 31.2 Å². The van der Waals surface area contributed by atoms with Crippen molar-refractivity contribution in [3.8, 4) is 0 Å². The van der Waals surface area contributed by atoms with Gasteiger partial charge in [0.1, 0.15) is 0 Å². The van der Waals surface area contributed by atoms with Crippen molar-refractivity contribution in [2.75, 3.05) is 13.2 Å². The molecular formula is C25H24N4O4. The summed E-state index contributed by atoms with van der Waals surface area (Å²) < 4.78 is 14.2. The van der Waals surface area contributed by atoms with Crippen LogP contribution in [0.5, 0.6) is 0 Å². The monoisotopic (exact) mass is 444 g/mol. The van der Waals surface area contributed by atoms with E-state index in [0.717, 1.165) is 11.1 Å². The Morgan fingerprint density at radius 1 is 0.667 bits per heavy atom. The summed E-state index contributed by atoms with van der Waals surface area (Å²) in [7, 11) is 0. The molecule has 2 aromatic heterocycles. The van der Waals surface area contributed by atoms with Crippen molar-refractivity contribution < 1.29 is 19.1 Å². The molecule has 0 N–H and O–H groups in total. The first-order valence-corrected chi connectivity index (χ1v) is 10.6. The second kappa shape index (κ2) is 10.9. The molecule has 0 atom stereocenters. The second-order valence-electron chi connectivity index (χ2n) is 7.43. The standard InChI is InChI=1S/C25H24N4O4/c30-24(22-8-4-20(5-9-22)18-28-14-1-12-26-28)32-16-3-17-33-25(31)23-10-6-21(7-11-23)19-29-15-2-13-27-29/h1-2,4-15H,3,16-19H2. The highest BCUT2D eigenvalue weighted by atomic mass is 16.5. The van der Waals surface area contributed by atoms with Crippen LogP contribution >= 0.6 is 0 Å². The number of rotatable bonds is 10. The molecule has 0 saturated heterocycles. The fourth-order valence-electron chi connectivity index (χ4n) is 3.21. The zero-order valence-corrected chi connectivity index (χ0v) is 18.0. The van der Waals surface area contributed by atoms with Crippen molar-refractivity contribution in [3.63, 3.8) is 0 Å². The highest BCUT2D eigenvalue weighted by molar-refractivity contribution is 5.90. The molecule has 0 unspecified atom stereocenters. The number of benzene rings is 2. The summed E-state index contributed by atoms with van der Waals surface area (Å²) in [6.07, 6.45) is 7.64. The molecular weight excluding hydrogens is 420 g/mol. The first-order chi connectivity index (χ1) is 16.2. The fraction of sp³-hybridized carbons (Fsp3) is 0.200. The van der Waals surface area contributed by atoms with Crippen LogP contribution in [0.15, 0.2) is 85.5 Å². The summed E-state index contributed by atoms with van der Waals surface area (Å²) >= 11 is 0. The third-order valence-corrected chi connectivity index (χ3v) is 4.94. The zero-order valence-electron chi connectivity index (χ0n) is 18.0. The smallest absolute Gasteiger partial charge is 0.338 e. The largest absolute Gasteiger partial charge is 0.462 e. The van der Waals surface area contributed by atoms with Crippen LogP contribution < -0.4 is 0 Å². The van der Waals surface area contributed by atoms with Crippen LogP contribution in [-0.2, 0) is 22.6 Å². The average Bonchev–Trinajstić information content (AvgIpc) is 3.54. The van der Waals surface area contributed by atoms with Gasteiger partial charge in [-0.05, 0) is 47.5 Å². The van der Waals surface area contributed by atoms with Crippen molar-refractivity contribution in [2.45, 2.75) is 19.5 Å². The molecule has 0 bridgehead atoms. The van der Waals surface area contributed by atoms with E-state index in [-0.39, 0.29) is 13.2 Å². The van der Waals surface area contributed by atoms with Crippen LogP contribution in [0.2, 0.25) is 0 Å².